The summed E-state index contributed by atoms with van der Waals surface area (Å²) in [5.74, 6) is -0.870. The van der Waals surface area contributed by atoms with E-state index in [9.17, 15) is 14.4 Å². The summed E-state index contributed by atoms with van der Waals surface area (Å²) < 4.78 is 10.7. The first-order chi connectivity index (χ1) is 15.4. The van der Waals surface area contributed by atoms with E-state index in [1.165, 1.54) is 23.3 Å². The predicted octanol–water partition coefficient (Wildman–Crippen LogP) is 4.40. The van der Waals surface area contributed by atoms with Gasteiger partial charge in [0.25, 0.3) is 5.91 Å². The summed E-state index contributed by atoms with van der Waals surface area (Å²) in [5, 5.41) is 2.74. The molecule has 0 radical (unpaired) electrons. The first kappa shape index (κ1) is 20.1. The molecule has 2 aromatic heterocycles. The molecule has 1 aliphatic rings. The zero-order valence-corrected chi connectivity index (χ0v) is 18.4. The molecular formula is C24H18N2O5S. The van der Waals surface area contributed by atoms with Gasteiger partial charge in [0.2, 0.25) is 5.76 Å². The van der Waals surface area contributed by atoms with Gasteiger partial charge in [0, 0.05) is 5.38 Å². The zero-order valence-electron chi connectivity index (χ0n) is 17.5. The van der Waals surface area contributed by atoms with Crippen molar-refractivity contribution in [3.63, 3.8) is 0 Å². The SMILES string of the molecule is COC(=O)c1ccc([C@@H]2c3c(oc4ccc(C)cc4c3=O)C(=O)N2c2nc(C)cs2)cc1. The van der Waals surface area contributed by atoms with Crippen molar-refractivity contribution in [2.75, 3.05) is 12.0 Å². The minimum absolute atomic E-state index is 0.0150. The number of esters is 1. The number of methoxy groups -OCH3 is 1. The number of carbonyl (C=O) groups excluding carboxylic acids is 2. The molecule has 1 atom stereocenters. The van der Waals surface area contributed by atoms with E-state index >= 15 is 0 Å². The second kappa shape index (κ2) is 7.42. The summed E-state index contributed by atoms with van der Waals surface area (Å²) in [4.78, 5) is 44.9. The lowest BCUT2D eigenvalue weighted by Crippen LogP contribution is -2.29. The second-order valence-electron chi connectivity index (χ2n) is 7.64. The standard InChI is InChI=1S/C24H18N2O5S/c1-12-4-9-17-16(10-12)20(27)18-19(14-5-7-15(8-6-14)23(29)30-3)26(22(28)21(18)31-17)24-25-13(2)11-32-24/h4-11,19H,1-3H3/t19-/m1/s1. The van der Waals surface area contributed by atoms with Crippen LogP contribution in [0.1, 0.15) is 49.3 Å². The molecule has 0 unspecified atom stereocenters. The average molecular weight is 446 g/mol. The Balaban J connectivity index is 1.76. The van der Waals surface area contributed by atoms with Crippen LogP contribution in [0, 0.1) is 13.8 Å². The second-order valence-corrected chi connectivity index (χ2v) is 8.47. The first-order valence-electron chi connectivity index (χ1n) is 9.90. The number of thiazole rings is 1. The van der Waals surface area contributed by atoms with E-state index < -0.39 is 17.9 Å². The largest absolute Gasteiger partial charge is 0.465 e. The van der Waals surface area contributed by atoms with E-state index in [0.29, 0.717) is 27.2 Å². The molecule has 5 rings (SSSR count). The molecule has 3 heterocycles. The number of hydrogen-bond acceptors (Lipinski definition) is 7. The van der Waals surface area contributed by atoms with Crippen LogP contribution >= 0.6 is 11.3 Å². The smallest absolute Gasteiger partial charge is 0.337 e. The Bertz CT molecular complexity index is 1450. The minimum atomic E-state index is -0.726. The van der Waals surface area contributed by atoms with Crippen molar-refractivity contribution < 1.29 is 18.7 Å². The van der Waals surface area contributed by atoms with E-state index in [1.54, 1.807) is 36.4 Å². The number of ether oxygens (including phenoxy) is 1. The van der Waals surface area contributed by atoms with Gasteiger partial charge in [0.1, 0.15) is 5.58 Å². The van der Waals surface area contributed by atoms with Crippen LogP contribution in [0.25, 0.3) is 11.0 Å². The molecule has 4 aromatic rings. The van der Waals surface area contributed by atoms with Crippen molar-refractivity contribution in [1.29, 1.82) is 0 Å². The van der Waals surface area contributed by atoms with Crippen LogP contribution in [0.15, 0.2) is 57.1 Å². The van der Waals surface area contributed by atoms with Gasteiger partial charge in [-0.25, -0.2) is 9.78 Å². The Morgan fingerprint density at radius 1 is 1.12 bits per heavy atom. The van der Waals surface area contributed by atoms with Crippen LogP contribution in [0.5, 0.6) is 0 Å². The number of rotatable bonds is 3. The summed E-state index contributed by atoms with van der Waals surface area (Å²) in [6.07, 6.45) is 0. The maximum atomic E-state index is 13.6. The van der Waals surface area contributed by atoms with E-state index in [4.69, 9.17) is 9.15 Å². The van der Waals surface area contributed by atoms with Crippen LogP contribution in [-0.2, 0) is 4.74 Å². The molecule has 8 heteroatoms. The van der Waals surface area contributed by atoms with Crippen molar-refractivity contribution in [1.82, 2.24) is 4.98 Å². The number of benzene rings is 2. The lowest BCUT2D eigenvalue weighted by molar-refractivity contribution is 0.0600. The number of hydrogen-bond donors (Lipinski definition) is 0. The molecule has 0 N–H and O–H groups in total. The third-order valence-corrected chi connectivity index (χ3v) is 6.44. The Hall–Kier alpha value is -3.78. The Morgan fingerprint density at radius 3 is 2.53 bits per heavy atom. The molecule has 2 aromatic carbocycles. The Labute approximate surface area is 186 Å². The lowest BCUT2D eigenvalue weighted by atomic mass is 9.97. The van der Waals surface area contributed by atoms with Gasteiger partial charge in [-0.05, 0) is 43.7 Å². The summed E-state index contributed by atoms with van der Waals surface area (Å²) in [7, 11) is 1.31. The summed E-state index contributed by atoms with van der Waals surface area (Å²) >= 11 is 1.32. The average Bonchev–Trinajstić information content (AvgIpc) is 3.35. The molecule has 7 nitrogen and oxygen atoms in total. The lowest BCUT2D eigenvalue weighted by Gasteiger charge is -2.22. The van der Waals surface area contributed by atoms with Crippen molar-refractivity contribution in [2.45, 2.75) is 19.9 Å². The Kier molecular flexibility index (Phi) is 4.67. The highest BCUT2D eigenvalue weighted by atomic mass is 32.1. The molecule has 0 bridgehead atoms. The van der Waals surface area contributed by atoms with Crippen LogP contribution in [0.2, 0.25) is 0 Å². The van der Waals surface area contributed by atoms with Gasteiger partial charge in [0.05, 0.1) is 35.4 Å². The number of nitrogens with zero attached hydrogens (tertiary/aromatic N) is 2. The van der Waals surface area contributed by atoms with Crippen LogP contribution in [0.3, 0.4) is 0 Å². The zero-order chi connectivity index (χ0) is 22.6. The number of fused-ring (bicyclic) bond motifs is 2. The fraction of sp³-hybridized carbons (Fsp3) is 0.167. The van der Waals surface area contributed by atoms with Crippen LogP contribution < -0.4 is 10.3 Å². The highest BCUT2D eigenvalue weighted by Gasteiger charge is 2.44. The molecular weight excluding hydrogens is 428 g/mol. The normalized spacial score (nSPS) is 15.3. The van der Waals surface area contributed by atoms with Gasteiger partial charge in [0.15, 0.2) is 10.6 Å². The highest BCUT2D eigenvalue weighted by molar-refractivity contribution is 7.14. The molecule has 1 amide bonds. The van der Waals surface area contributed by atoms with Crippen molar-refractivity contribution >= 4 is 39.3 Å². The van der Waals surface area contributed by atoms with Gasteiger partial charge in [-0.15, -0.1) is 11.3 Å². The number of anilines is 1. The first-order valence-corrected chi connectivity index (χ1v) is 10.8. The molecule has 0 aliphatic carbocycles. The Morgan fingerprint density at radius 2 is 1.88 bits per heavy atom. The van der Waals surface area contributed by atoms with Gasteiger partial charge in [-0.2, -0.15) is 0 Å². The van der Waals surface area contributed by atoms with Gasteiger partial charge in [-0.1, -0.05) is 23.8 Å². The van der Waals surface area contributed by atoms with E-state index in [2.05, 4.69) is 4.98 Å². The number of amides is 1. The predicted molar refractivity (Wildman–Crippen MR) is 121 cm³/mol. The topological polar surface area (TPSA) is 89.7 Å². The van der Waals surface area contributed by atoms with E-state index in [1.807, 2.05) is 25.3 Å². The fourth-order valence-electron chi connectivity index (χ4n) is 3.97. The molecule has 0 saturated heterocycles. The van der Waals surface area contributed by atoms with E-state index in [-0.39, 0.29) is 16.8 Å². The maximum Gasteiger partial charge on any atom is 0.337 e. The summed E-state index contributed by atoms with van der Waals surface area (Å²) in [6.45, 7) is 3.74. The van der Waals surface area contributed by atoms with Gasteiger partial charge in [-0.3, -0.25) is 14.5 Å². The summed E-state index contributed by atoms with van der Waals surface area (Å²) in [6, 6.07) is 11.2. The van der Waals surface area contributed by atoms with E-state index in [0.717, 1.165) is 11.3 Å². The highest BCUT2D eigenvalue weighted by Crippen LogP contribution is 2.42. The number of aryl methyl sites for hydroxylation is 2. The van der Waals surface area contributed by atoms with Crippen molar-refractivity contribution in [3.05, 3.63) is 91.8 Å². The maximum absolute atomic E-state index is 13.6. The number of aromatic nitrogens is 1. The van der Waals surface area contributed by atoms with Crippen molar-refractivity contribution in [3.8, 4) is 0 Å². The monoisotopic (exact) mass is 446 g/mol. The molecule has 1 aliphatic heterocycles. The summed E-state index contributed by atoms with van der Waals surface area (Å²) in [5.41, 5.74) is 3.11. The van der Waals surface area contributed by atoms with Crippen LogP contribution in [-0.4, -0.2) is 24.0 Å². The molecule has 0 fully saturated rings. The molecule has 32 heavy (non-hydrogen) atoms. The molecule has 0 spiro atoms. The van der Waals surface area contributed by atoms with Crippen molar-refractivity contribution in [2.24, 2.45) is 0 Å². The third-order valence-electron chi connectivity index (χ3n) is 5.49. The third kappa shape index (κ3) is 3.03. The minimum Gasteiger partial charge on any atom is -0.465 e. The quantitative estimate of drug-likeness (QED) is 0.433. The molecule has 160 valence electrons. The fourth-order valence-corrected chi connectivity index (χ4v) is 4.80. The molecule has 0 saturated carbocycles. The van der Waals surface area contributed by atoms with Crippen LogP contribution in [0.4, 0.5) is 5.13 Å². The van der Waals surface area contributed by atoms with Gasteiger partial charge >= 0.3 is 5.97 Å². The van der Waals surface area contributed by atoms with Gasteiger partial charge < -0.3 is 9.15 Å². The number of carbonyl (C=O) groups is 2.